The lowest BCUT2D eigenvalue weighted by Gasteiger charge is -2.29. The van der Waals surface area contributed by atoms with Crippen LogP contribution in [0.1, 0.15) is 18.9 Å². The van der Waals surface area contributed by atoms with E-state index in [9.17, 15) is 4.79 Å². The average molecular weight is 249 g/mol. The molecule has 0 saturated carbocycles. The molecule has 3 heteroatoms. The van der Waals surface area contributed by atoms with E-state index in [1.807, 2.05) is 44.3 Å². The third-order valence-corrected chi connectivity index (χ3v) is 3.18. The van der Waals surface area contributed by atoms with Crippen LogP contribution in [0.25, 0.3) is 0 Å². The predicted octanol–water partition coefficient (Wildman–Crippen LogP) is 2.11. The van der Waals surface area contributed by atoms with Gasteiger partial charge < -0.3 is 14.4 Å². The zero-order chi connectivity index (χ0) is 13.4. The van der Waals surface area contributed by atoms with Gasteiger partial charge in [0.05, 0.1) is 5.41 Å². The van der Waals surface area contributed by atoms with Gasteiger partial charge in [0, 0.05) is 26.8 Å². The highest BCUT2D eigenvalue weighted by molar-refractivity contribution is 5.68. The number of carbonyl (C=O) groups is 1. The third kappa shape index (κ3) is 4.24. The number of methoxy groups -OCH3 is 1. The molecule has 1 atom stereocenters. The number of nitrogens with zero attached hydrogens (tertiary/aromatic N) is 1. The van der Waals surface area contributed by atoms with E-state index in [0.29, 0.717) is 0 Å². The SMILES string of the molecule is COCCCN(C)CC(C)(C=O)c1ccccc1. The number of ether oxygens (including phenoxy) is 1. The second kappa shape index (κ2) is 7.29. The van der Waals surface area contributed by atoms with Crippen molar-refractivity contribution < 1.29 is 9.53 Å². The molecular weight excluding hydrogens is 226 g/mol. The summed E-state index contributed by atoms with van der Waals surface area (Å²) >= 11 is 0. The van der Waals surface area contributed by atoms with Gasteiger partial charge in [-0.2, -0.15) is 0 Å². The van der Waals surface area contributed by atoms with E-state index in [1.54, 1.807) is 7.11 Å². The zero-order valence-corrected chi connectivity index (χ0v) is 11.6. The van der Waals surface area contributed by atoms with E-state index in [1.165, 1.54) is 0 Å². The Labute approximate surface area is 110 Å². The van der Waals surface area contributed by atoms with Crippen LogP contribution in [0.5, 0.6) is 0 Å². The molecule has 1 aromatic rings. The highest BCUT2D eigenvalue weighted by Crippen LogP contribution is 2.22. The lowest BCUT2D eigenvalue weighted by molar-refractivity contribution is -0.112. The van der Waals surface area contributed by atoms with Gasteiger partial charge in [-0.3, -0.25) is 0 Å². The Bertz CT molecular complexity index is 353. The van der Waals surface area contributed by atoms with Gasteiger partial charge >= 0.3 is 0 Å². The van der Waals surface area contributed by atoms with Crippen molar-refractivity contribution in [2.24, 2.45) is 0 Å². The maximum atomic E-state index is 11.4. The maximum absolute atomic E-state index is 11.4. The Kier molecular flexibility index (Phi) is 6.02. The number of hydrogen-bond acceptors (Lipinski definition) is 3. The first-order valence-electron chi connectivity index (χ1n) is 6.32. The van der Waals surface area contributed by atoms with Crippen LogP contribution in [-0.2, 0) is 14.9 Å². The molecule has 3 nitrogen and oxygen atoms in total. The molecule has 1 rings (SSSR count). The molecule has 0 N–H and O–H groups in total. The maximum Gasteiger partial charge on any atom is 0.131 e. The summed E-state index contributed by atoms with van der Waals surface area (Å²) in [5.74, 6) is 0. The fraction of sp³-hybridized carbons (Fsp3) is 0.533. The van der Waals surface area contributed by atoms with Crippen LogP contribution in [0.3, 0.4) is 0 Å². The highest BCUT2D eigenvalue weighted by Gasteiger charge is 2.27. The van der Waals surface area contributed by atoms with Gasteiger partial charge in [0.1, 0.15) is 6.29 Å². The summed E-state index contributed by atoms with van der Waals surface area (Å²) in [6, 6.07) is 9.94. The molecule has 1 aromatic carbocycles. The van der Waals surface area contributed by atoms with E-state index in [4.69, 9.17) is 4.74 Å². The zero-order valence-electron chi connectivity index (χ0n) is 11.6. The Morgan fingerprint density at radius 3 is 2.56 bits per heavy atom. The standard InChI is InChI=1S/C15H23NO2/c1-15(13-17,14-8-5-4-6-9-14)12-16(2)10-7-11-18-3/h4-6,8-9,13H,7,10-12H2,1-3H3. The second-order valence-electron chi connectivity index (χ2n) is 4.99. The van der Waals surface area contributed by atoms with Crippen molar-refractivity contribution in [3.63, 3.8) is 0 Å². The van der Waals surface area contributed by atoms with Crippen molar-refractivity contribution >= 4 is 6.29 Å². The Morgan fingerprint density at radius 2 is 2.00 bits per heavy atom. The molecule has 0 aliphatic rings. The number of benzene rings is 1. The van der Waals surface area contributed by atoms with Gasteiger partial charge in [-0.1, -0.05) is 30.3 Å². The molecule has 100 valence electrons. The molecule has 1 unspecified atom stereocenters. The van der Waals surface area contributed by atoms with Crippen LogP contribution < -0.4 is 0 Å². The molecule has 0 saturated heterocycles. The van der Waals surface area contributed by atoms with Crippen molar-refractivity contribution in [1.82, 2.24) is 4.90 Å². The summed E-state index contributed by atoms with van der Waals surface area (Å²) < 4.78 is 5.04. The number of hydrogen-bond donors (Lipinski definition) is 0. The Balaban J connectivity index is 2.63. The molecular formula is C15H23NO2. The highest BCUT2D eigenvalue weighted by atomic mass is 16.5. The van der Waals surface area contributed by atoms with Crippen LogP contribution in [0.4, 0.5) is 0 Å². The Hall–Kier alpha value is -1.19. The van der Waals surface area contributed by atoms with Gasteiger partial charge in [-0.15, -0.1) is 0 Å². The monoisotopic (exact) mass is 249 g/mol. The van der Waals surface area contributed by atoms with Crippen molar-refractivity contribution in [1.29, 1.82) is 0 Å². The van der Waals surface area contributed by atoms with Crippen LogP contribution >= 0.6 is 0 Å². The van der Waals surface area contributed by atoms with Crippen LogP contribution in [-0.4, -0.2) is 45.0 Å². The molecule has 0 aromatic heterocycles. The largest absolute Gasteiger partial charge is 0.385 e. The summed E-state index contributed by atoms with van der Waals surface area (Å²) in [6.45, 7) is 4.41. The van der Waals surface area contributed by atoms with Gasteiger partial charge in [0.2, 0.25) is 0 Å². The Morgan fingerprint density at radius 1 is 1.33 bits per heavy atom. The first kappa shape index (κ1) is 14.9. The molecule has 0 fully saturated rings. The molecule has 0 radical (unpaired) electrons. The molecule has 0 aliphatic heterocycles. The summed E-state index contributed by atoms with van der Waals surface area (Å²) in [4.78, 5) is 13.6. The molecule has 0 spiro atoms. The third-order valence-electron chi connectivity index (χ3n) is 3.18. The van der Waals surface area contributed by atoms with E-state index >= 15 is 0 Å². The minimum atomic E-state index is -0.441. The van der Waals surface area contributed by atoms with E-state index < -0.39 is 5.41 Å². The topological polar surface area (TPSA) is 29.5 Å². The predicted molar refractivity (Wildman–Crippen MR) is 73.8 cm³/mol. The summed E-state index contributed by atoms with van der Waals surface area (Å²) in [6.07, 6.45) is 2.03. The smallest absolute Gasteiger partial charge is 0.131 e. The van der Waals surface area contributed by atoms with Gasteiger partial charge in [-0.25, -0.2) is 0 Å². The van der Waals surface area contributed by atoms with Crippen molar-refractivity contribution in [3.8, 4) is 0 Å². The van der Waals surface area contributed by atoms with Crippen molar-refractivity contribution in [2.75, 3.05) is 33.9 Å². The van der Waals surface area contributed by atoms with Crippen molar-refractivity contribution in [3.05, 3.63) is 35.9 Å². The van der Waals surface area contributed by atoms with Gasteiger partial charge in [-0.05, 0) is 26.0 Å². The number of carbonyl (C=O) groups excluding carboxylic acids is 1. The van der Waals surface area contributed by atoms with E-state index in [2.05, 4.69) is 4.90 Å². The first-order valence-corrected chi connectivity index (χ1v) is 6.32. The fourth-order valence-corrected chi connectivity index (χ4v) is 2.13. The second-order valence-corrected chi connectivity index (χ2v) is 4.99. The molecule has 18 heavy (non-hydrogen) atoms. The van der Waals surface area contributed by atoms with E-state index in [0.717, 1.165) is 38.0 Å². The van der Waals surface area contributed by atoms with Crippen molar-refractivity contribution in [2.45, 2.75) is 18.8 Å². The number of likely N-dealkylation sites (N-methyl/N-ethyl adjacent to an activating group) is 1. The average Bonchev–Trinajstić information content (AvgIpc) is 2.40. The summed E-state index contributed by atoms with van der Waals surface area (Å²) in [5.41, 5.74) is 0.627. The summed E-state index contributed by atoms with van der Waals surface area (Å²) in [7, 11) is 3.75. The number of aldehydes is 1. The van der Waals surface area contributed by atoms with E-state index in [-0.39, 0.29) is 0 Å². The van der Waals surface area contributed by atoms with Gasteiger partial charge in [0.25, 0.3) is 0 Å². The van der Waals surface area contributed by atoms with Gasteiger partial charge in [0.15, 0.2) is 0 Å². The molecule has 0 heterocycles. The van der Waals surface area contributed by atoms with Crippen LogP contribution in [0.15, 0.2) is 30.3 Å². The quantitative estimate of drug-likeness (QED) is 0.522. The van der Waals surface area contributed by atoms with Crippen LogP contribution in [0, 0.1) is 0 Å². The molecule has 0 amide bonds. The fourth-order valence-electron chi connectivity index (χ4n) is 2.13. The molecule has 0 aliphatic carbocycles. The first-order chi connectivity index (χ1) is 8.62. The minimum absolute atomic E-state index is 0.441. The lowest BCUT2D eigenvalue weighted by atomic mass is 9.83. The summed E-state index contributed by atoms with van der Waals surface area (Å²) in [5, 5.41) is 0. The lowest BCUT2D eigenvalue weighted by Crippen LogP contribution is -2.38. The molecule has 0 bridgehead atoms. The normalized spacial score (nSPS) is 14.4. The number of rotatable bonds is 8. The minimum Gasteiger partial charge on any atom is -0.385 e. The van der Waals surface area contributed by atoms with Crippen LogP contribution in [0.2, 0.25) is 0 Å².